The molecule has 0 amide bonds. The molecule has 6 rings (SSSR count). The summed E-state index contributed by atoms with van der Waals surface area (Å²) in [6, 6.07) is 7.48. The second kappa shape index (κ2) is 8.54. The third-order valence-electron chi connectivity index (χ3n) is 7.79. The molecule has 214 valence electrons. The van der Waals surface area contributed by atoms with Crippen LogP contribution in [0.3, 0.4) is 0 Å². The first kappa shape index (κ1) is 27.2. The second-order valence-corrected chi connectivity index (χ2v) is 14.0. The maximum absolute atomic E-state index is 13.8. The summed E-state index contributed by atoms with van der Waals surface area (Å²) >= 11 is 0. The van der Waals surface area contributed by atoms with Crippen molar-refractivity contribution < 1.29 is 48.5 Å². The minimum Gasteiger partial charge on any atom is -0.375 e. The fourth-order valence-electron chi connectivity index (χ4n) is 6.31. The number of aromatic nitrogens is 1. The zero-order valence-corrected chi connectivity index (χ0v) is 23.1. The molecular formula is C26H24F3NO8S2. The molecule has 2 fully saturated rings. The van der Waals surface area contributed by atoms with Gasteiger partial charge in [0.15, 0.2) is 11.5 Å². The zero-order valence-electron chi connectivity index (χ0n) is 21.4. The Balaban J connectivity index is 1.68. The smallest absolute Gasteiger partial charge is 0.375 e. The summed E-state index contributed by atoms with van der Waals surface area (Å²) in [7, 11) is -10.3. The lowest BCUT2D eigenvalue weighted by Gasteiger charge is -2.29. The summed E-state index contributed by atoms with van der Waals surface area (Å²) in [5, 5.41) is 0.0937. The van der Waals surface area contributed by atoms with Crippen LogP contribution in [-0.4, -0.2) is 50.6 Å². The van der Waals surface area contributed by atoms with E-state index in [1.165, 1.54) is 24.4 Å². The molecule has 1 aliphatic heterocycles. The van der Waals surface area contributed by atoms with Crippen LogP contribution >= 0.6 is 0 Å². The van der Waals surface area contributed by atoms with E-state index in [2.05, 4.69) is 0 Å². The number of halogens is 3. The summed E-state index contributed by atoms with van der Waals surface area (Å²) in [4.78, 5) is 11.7. The number of benzene rings is 2. The molecule has 1 saturated carbocycles. The van der Waals surface area contributed by atoms with Crippen molar-refractivity contribution in [3.8, 4) is 5.75 Å². The van der Waals surface area contributed by atoms with Crippen LogP contribution in [0.25, 0.3) is 10.9 Å². The average molecular weight is 600 g/mol. The maximum atomic E-state index is 13.8. The maximum Gasteiger partial charge on any atom is 0.534 e. The van der Waals surface area contributed by atoms with Crippen LogP contribution in [0.1, 0.15) is 54.4 Å². The van der Waals surface area contributed by atoms with Crippen molar-refractivity contribution in [2.75, 3.05) is 0 Å². The van der Waals surface area contributed by atoms with Crippen molar-refractivity contribution in [3.05, 3.63) is 58.8 Å². The van der Waals surface area contributed by atoms with Gasteiger partial charge in [-0.25, -0.2) is 12.4 Å². The standard InChI is InChI=1S/C26H24F3NO8S2/c1-13-4-6-14(7-5-13)39(32,33)30-10-8-15-16(9-11-31)22(38-40(34,35)26(27,28)29)20-18-12-17(19(20)21(15)30)23-24(18)37-25(2,3)36-23/h4-8,10-11,17-18,23-24H,9,12H2,1-3H3/t17-,18+,23+,24-/m1/s1. The molecule has 14 heteroatoms. The van der Waals surface area contributed by atoms with E-state index in [0.717, 1.165) is 9.54 Å². The van der Waals surface area contributed by atoms with Gasteiger partial charge in [-0.3, -0.25) is 0 Å². The molecule has 3 aromatic rings. The molecule has 9 nitrogen and oxygen atoms in total. The van der Waals surface area contributed by atoms with Crippen molar-refractivity contribution >= 4 is 37.3 Å². The van der Waals surface area contributed by atoms with Gasteiger partial charge in [0.05, 0.1) is 22.6 Å². The van der Waals surface area contributed by atoms with E-state index >= 15 is 0 Å². The van der Waals surface area contributed by atoms with Gasteiger partial charge in [-0.15, -0.1) is 0 Å². The summed E-state index contributed by atoms with van der Waals surface area (Å²) in [6.45, 7) is 5.16. The first-order valence-electron chi connectivity index (χ1n) is 12.4. The van der Waals surface area contributed by atoms with E-state index in [9.17, 15) is 34.8 Å². The van der Waals surface area contributed by atoms with Gasteiger partial charge in [0, 0.05) is 41.0 Å². The normalized spacial score (nSPS) is 25.2. The van der Waals surface area contributed by atoms with E-state index in [-0.39, 0.29) is 26.9 Å². The number of rotatable bonds is 6. The minimum absolute atomic E-state index is 0.0242. The highest BCUT2D eigenvalue weighted by Crippen LogP contribution is 2.64. The lowest BCUT2D eigenvalue weighted by molar-refractivity contribution is -0.153. The van der Waals surface area contributed by atoms with Gasteiger partial charge in [0.2, 0.25) is 0 Å². The Kier molecular flexibility index (Phi) is 5.81. The van der Waals surface area contributed by atoms with Crippen molar-refractivity contribution in [3.63, 3.8) is 0 Å². The minimum atomic E-state index is -6.13. The molecule has 0 unspecified atom stereocenters. The van der Waals surface area contributed by atoms with Gasteiger partial charge in [-0.1, -0.05) is 17.7 Å². The molecule has 3 aliphatic rings. The molecule has 40 heavy (non-hydrogen) atoms. The Morgan fingerprint density at radius 1 is 1.02 bits per heavy atom. The monoisotopic (exact) mass is 599 g/mol. The number of fused-ring (bicyclic) bond motifs is 10. The highest BCUT2D eigenvalue weighted by molar-refractivity contribution is 7.90. The number of ether oxygens (including phenoxy) is 2. The van der Waals surface area contributed by atoms with Gasteiger partial charge >= 0.3 is 15.6 Å². The largest absolute Gasteiger partial charge is 0.534 e. The number of hydrogen-bond acceptors (Lipinski definition) is 8. The van der Waals surface area contributed by atoms with E-state index < -0.39 is 67.7 Å². The summed E-state index contributed by atoms with van der Waals surface area (Å²) in [5.74, 6) is -2.84. The summed E-state index contributed by atoms with van der Waals surface area (Å²) in [6.07, 6.45) is 0.241. The summed E-state index contributed by atoms with van der Waals surface area (Å²) < 4.78 is 111. The SMILES string of the molecule is Cc1ccc(S(=O)(=O)n2ccc3c(CC=O)c(OS(=O)(=O)C(F)(F)F)c4c(c32)[C@H]2C[C@@H]4[C@H]3OC(C)(C)O[C@H]32)cc1. The lowest BCUT2D eigenvalue weighted by atomic mass is 9.83. The van der Waals surface area contributed by atoms with Crippen LogP contribution in [0.15, 0.2) is 41.4 Å². The van der Waals surface area contributed by atoms with Gasteiger partial charge in [-0.2, -0.15) is 21.6 Å². The van der Waals surface area contributed by atoms with E-state index in [1.54, 1.807) is 32.9 Å². The molecule has 4 atom stereocenters. The van der Waals surface area contributed by atoms with Gasteiger partial charge in [-0.05, 0) is 51.0 Å². The average Bonchev–Trinajstić information content (AvgIpc) is 3.58. The molecule has 2 heterocycles. The Morgan fingerprint density at radius 3 is 2.20 bits per heavy atom. The topological polar surface area (TPSA) is 118 Å². The van der Waals surface area contributed by atoms with Gasteiger partial charge in [0.1, 0.15) is 6.29 Å². The van der Waals surface area contributed by atoms with E-state index in [4.69, 9.17) is 13.7 Å². The molecule has 1 saturated heterocycles. The number of nitrogens with zero attached hydrogens (tertiary/aromatic N) is 1. The molecular weight excluding hydrogens is 575 g/mol. The third kappa shape index (κ3) is 3.83. The predicted molar refractivity (Wildman–Crippen MR) is 135 cm³/mol. The summed E-state index contributed by atoms with van der Waals surface area (Å²) in [5.41, 5.74) is -4.51. The fraction of sp³-hybridized carbons (Fsp3) is 0.423. The van der Waals surface area contributed by atoms with Gasteiger partial charge < -0.3 is 18.5 Å². The van der Waals surface area contributed by atoms with E-state index in [1.807, 2.05) is 0 Å². The Morgan fingerprint density at radius 2 is 1.62 bits per heavy atom. The Bertz CT molecular complexity index is 1780. The van der Waals surface area contributed by atoms with Crippen molar-refractivity contribution in [1.82, 2.24) is 3.97 Å². The highest BCUT2D eigenvalue weighted by Gasteiger charge is 2.61. The van der Waals surface area contributed by atoms with Crippen molar-refractivity contribution in [2.45, 2.75) is 73.8 Å². The number of hydrogen-bond donors (Lipinski definition) is 0. The van der Waals surface area contributed by atoms with Crippen molar-refractivity contribution in [1.29, 1.82) is 0 Å². The number of alkyl halides is 3. The molecule has 1 aromatic heterocycles. The molecule has 0 N–H and O–H groups in total. The molecule has 0 spiro atoms. The quantitative estimate of drug-likeness (QED) is 0.234. The van der Waals surface area contributed by atoms with Crippen LogP contribution < -0.4 is 4.18 Å². The van der Waals surface area contributed by atoms with E-state index in [0.29, 0.717) is 18.3 Å². The molecule has 2 bridgehead atoms. The fourth-order valence-corrected chi connectivity index (χ4v) is 8.18. The molecule has 2 aliphatic carbocycles. The first-order valence-corrected chi connectivity index (χ1v) is 15.2. The zero-order chi connectivity index (χ0) is 29.0. The number of aryl methyl sites for hydroxylation is 1. The molecule has 2 aromatic carbocycles. The number of carbonyl (C=O) groups excluding carboxylic acids is 1. The van der Waals surface area contributed by atoms with Crippen molar-refractivity contribution in [2.24, 2.45) is 0 Å². The predicted octanol–water partition coefficient (Wildman–Crippen LogP) is 4.26. The Labute approximate surface area is 228 Å². The van der Waals surface area contributed by atoms with Crippen LogP contribution in [0.5, 0.6) is 5.75 Å². The third-order valence-corrected chi connectivity index (χ3v) is 10.4. The van der Waals surface area contributed by atoms with Crippen LogP contribution in [0.4, 0.5) is 13.2 Å². The van der Waals surface area contributed by atoms with Crippen LogP contribution in [0.2, 0.25) is 0 Å². The van der Waals surface area contributed by atoms with Crippen LogP contribution in [0, 0.1) is 6.92 Å². The number of aldehydes is 1. The first-order chi connectivity index (χ1) is 18.6. The molecule has 0 radical (unpaired) electrons. The van der Waals surface area contributed by atoms with Crippen LogP contribution in [-0.2, 0) is 40.8 Å². The highest BCUT2D eigenvalue weighted by atomic mass is 32.2. The Hall–Kier alpha value is -2.94. The van der Waals surface area contributed by atoms with Gasteiger partial charge in [0.25, 0.3) is 10.0 Å². The number of carbonyl (C=O) groups is 1. The lowest BCUT2D eigenvalue weighted by Crippen LogP contribution is -2.32. The second-order valence-electron chi connectivity index (χ2n) is 10.7.